The molecule has 1 saturated carbocycles. The molecule has 1 aliphatic heterocycles. The zero-order valence-corrected chi connectivity index (χ0v) is 14.5. The van der Waals surface area contributed by atoms with Gasteiger partial charge in [0.05, 0.1) is 6.07 Å². The van der Waals surface area contributed by atoms with E-state index in [2.05, 4.69) is 5.32 Å². The highest BCUT2D eigenvalue weighted by Gasteiger charge is 2.33. The second kappa shape index (κ2) is 8.60. The maximum Gasteiger partial charge on any atom is 0.326 e. The summed E-state index contributed by atoms with van der Waals surface area (Å²) in [6, 6.07) is 1.43. The first-order valence-electron chi connectivity index (χ1n) is 8.72. The summed E-state index contributed by atoms with van der Waals surface area (Å²) in [6.45, 7) is 0.160. The van der Waals surface area contributed by atoms with Crippen molar-refractivity contribution in [2.75, 3.05) is 20.1 Å². The Morgan fingerprint density at radius 3 is 2.52 bits per heavy atom. The number of rotatable bonds is 7. The normalized spacial score (nSPS) is 19.7. The number of likely N-dealkylation sites (N-methyl/N-ethyl adjacent to an activating group) is 1. The number of nitriles is 1. The summed E-state index contributed by atoms with van der Waals surface area (Å²) in [6.07, 6.45) is 5.23. The standard InChI is InChI=1S/C17H24N4O4/c1-20-11-15(23)21(17(20)25)9-5-8-14(22)13(10-18)16(24)19-12-6-3-2-4-7-12/h12-13H,2-9,11H2,1H3,(H,19,24). The number of nitrogens with one attached hydrogen (secondary N) is 1. The molecule has 1 saturated heterocycles. The van der Waals surface area contributed by atoms with Crippen LogP contribution in [0, 0.1) is 17.2 Å². The minimum Gasteiger partial charge on any atom is -0.352 e. The number of amides is 4. The Balaban J connectivity index is 1.79. The minimum absolute atomic E-state index is 0.0168. The van der Waals surface area contributed by atoms with E-state index in [-0.39, 0.29) is 43.9 Å². The summed E-state index contributed by atoms with van der Waals surface area (Å²) in [5.41, 5.74) is 0. The summed E-state index contributed by atoms with van der Waals surface area (Å²) in [7, 11) is 1.53. The lowest BCUT2D eigenvalue weighted by atomic mass is 9.94. The Morgan fingerprint density at radius 1 is 1.28 bits per heavy atom. The lowest BCUT2D eigenvalue weighted by Crippen LogP contribution is -2.42. The number of ketones is 1. The summed E-state index contributed by atoms with van der Waals surface area (Å²) >= 11 is 0. The van der Waals surface area contributed by atoms with Gasteiger partial charge < -0.3 is 10.2 Å². The van der Waals surface area contributed by atoms with Crippen molar-refractivity contribution in [1.29, 1.82) is 5.26 Å². The monoisotopic (exact) mass is 348 g/mol. The first-order chi connectivity index (χ1) is 11.9. The molecular formula is C17H24N4O4. The third-order valence-corrected chi connectivity index (χ3v) is 4.70. The molecule has 2 fully saturated rings. The quantitative estimate of drug-likeness (QED) is 0.541. The summed E-state index contributed by atoms with van der Waals surface area (Å²) in [4.78, 5) is 50.1. The van der Waals surface area contributed by atoms with Gasteiger partial charge in [0.1, 0.15) is 6.54 Å². The number of urea groups is 1. The fraction of sp³-hybridized carbons (Fsp3) is 0.706. The third-order valence-electron chi connectivity index (χ3n) is 4.70. The number of imide groups is 1. The molecule has 8 heteroatoms. The largest absolute Gasteiger partial charge is 0.352 e. The van der Waals surface area contributed by atoms with Crippen LogP contribution in [0.3, 0.4) is 0 Å². The van der Waals surface area contributed by atoms with E-state index in [1.807, 2.05) is 0 Å². The molecule has 1 atom stereocenters. The highest BCUT2D eigenvalue weighted by Crippen LogP contribution is 2.18. The number of carbonyl (C=O) groups excluding carboxylic acids is 4. The zero-order chi connectivity index (χ0) is 18.4. The van der Waals surface area contributed by atoms with Gasteiger partial charge in [0, 0.05) is 26.1 Å². The molecular weight excluding hydrogens is 324 g/mol. The van der Waals surface area contributed by atoms with Crippen LogP contribution in [0.2, 0.25) is 0 Å². The van der Waals surface area contributed by atoms with Gasteiger partial charge in [-0.25, -0.2) is 4.79 Å². The average molecular weight is 348 g/mol. The van der Waals surface area contributed by atoms with Crippen LogP contribution in [0.15, 0.2) is 0 Å². The molecule has 1 N–H and O–H groups in total. The van der Waals surface area contributed by atoms with Gasteiger partial charge in [-0.3, -0.25) is 19.3 Å². The molecule has 136 valence electrons. The van der Waals surface area contributed by atoms with Gasteiger partial charge in [0.15, 0.2) is 11.7 Å². The highest BCUT2D eigenvalue weighted by atomic mass is 16.2. The van der Waals surface area contributed by atoms with Crippen LogP contribution in [-0.2, 0) is 14.4 Å². The lowest BCUT2D eigenvalue weighted by Gasteiger charge is -2.23. The molecule has 1 unspecified atom stereocenters. The van der Waals surface area contributed by atoms with Gasteiger partial charge in [-0.1, -0.05) is 19.3 Å². The average Bonchev–Trinajstić information content (AvgIpc) is 2.82. The number of nitrogens with zero attached hydrogens (tertiary/aromatic N) is 3. The van der Waals surface area contributed by atoms with E-state index in [1.165, 1.54) is 11.9 Å². The van der Waals surface area contributed by atoms with Crippen molar-refractivity contribution < 1.29 is 19.2 Å². The fourth-order valence-corrected chi connectivity index (χ4v) is 3.25. The van der Waals surface area contributed by atoms with Crippen molar-refractivity contribution >= 4 is 23.6 Å². The molecule has 8 nitrogen and oxygen atoms in total. The van der Waals surface area contributed by atoms with E-state index >= 15 is 0 Å². The Kier molecular flexibility index (Phi) is 6.51. The molecule has 1 heterocycles. The SMILES string of the molecule is CN1CC(=O)N(CCCC(=O)C(C#N)C(=O)NC2CCCCC2)C1=O. The van der Waals surface area contributed by atoms with E-state index in [0.717, 1.165) is 37.0 Å². The molecule has 0 aromatic heterocycles. The summed E-state index contributed by atoms with van der Waals surface area (Å²) in [5, 5.41) is 12.0. The molecule has 1 aliphatic carbocycles. The molecule has 4 amide bonds. The van der Waals surface area contributed by atoms with Gasteiger partial charge in [0.2, 0.25) is 11.8 Å². The molecule has 0 aromatic carbocycles. The van der Waals surface area contributed by atoms with Gasteiger partial charge in [0.25, 0.3) is 0 Å². The number of carbonyl (C=O) groups is 4. The Morgan fingerprint density at radius 2 is 1.96 bits per heavy atom. The van der Waals surface area contributed by atoms with Crippen molar-refractivity contribution in [3.63, 3.8) is 0 Å². The van der Waals surface area contributed by atoms with Gasteiger partial charge in [-0.15, -0.1) is 0 Å². The van der Waals surface area contributed by atoms with Crippen LogP contribution >= 0.6 is 0 Å². The second-order valence-corrected chi connectivity index (χ2v) is 6.66. The van der Waals surface area contributed by atoms with Crippen LogP contribution in [0.25, 0.3) is 0 Å². The predicted octanol–water partition coefficient (Wildman–Crippen LogP) is 0.818. The maximum absolute atomic E-state index is 12.2. The maximum atomic E-state index is 12.2. The van der Waals surface area contributed by atoms with Crippen molar-refractivity contribution in [3.8, 4) is 6.07 Å². The third kappa shape index (κ3) is 4.78. The van der Waals surface area contributed by atoms with Crippen molar-refractivity contribution in [2.24, 2.45) is 5.92 Å². The fourth-order valence-electron chi connectivity index (χ4n) is 3.25. The first kappa shape index (κ1) is 18.9. The lowest BCUT2D eigenvalue weighted by molar-refractivity contribution is -0.133. The molecule has 25 heavy (non-hydrogen) atoms. The minimum atomic E-state index is -1.32. The van der Waals surface area contributed by atoms with E-state index < -0.39 is 17.6 Å². The van der Waals surface area contributed by atoms with Crippen LogP contribution in [-0.4, -0.2) is 59.6 Å². The van der Waals surface area contributed by atoms with E-state index in [1.54, 1.807) is 6.07 Å². The van der Waals surface area contributed by atoms with E-state index in [4.69, 9.17) is 5.26 Å². The predicted molar refractivity (Wildman–Crippen MR) is 88.1 cm³/mol. The molecule has 2 rings (SSSR count). The molecule has 0 radical (unpaired) electrons. The van der Waals surface area contributed by atoms with Crippen LogP contribution in [0.5, 0.6) is 0 Å². The van der Waals surface area contributed by atoms with Crippen molar-refractivity contribution in [3.05, 3.63) is 0 Å². The second-order valence-electron chi connectivity index (χ2n) is 6.66. The van der Waals surface area contributed by atoms with Crippen molar-refractivity contribution in [1.82, 2.24) is 15.1 Å². The van der Waals surface area contributed by atoms with Gasteiger partial charge >= 0.3 is 6.03 Å². The molecule has 0 spiro atoms. The number of hydrogen-bond donors (Lipinski definition) is 1. The molecule has 0 aromatic rings. The highest BCUT2D eigenvalue weighted by molar-refractivity contribution is 6.04. The topological polar surface area (TPSA) is 111 Å². The Labute approximate surface area is 147 Å². The van der Waals surface area contributed by atoms with E-state index in [0.29, 0.717) is 0 Å². The van der Waals surface area contributed by atoms with E-state index in [9.17, 15) is 19.2 Å². The molecule has 0 bridgehead atoms. The number of Topliss-reactive ketones (excluding diaryl/α,β-unsaturated/α-hetero) is 1. The Hall–Kier alpha value is -2.43. The zero-order valence-electron chi connectivity index (χ0n) is 14.5. The Bertz CT molecular complexity index is 592. The van der Waals surface area contributed by atoms with Gasteiger partial charge in [-0.05, 0) is 19.3 Å². The van der Waals surface area contributed by atoms with Crippen LogP contribution in [0.1, 0.15) is 44.9 Å². The summed E-state index contributed by atoms with van der Waals surface area (Å²) in [5.74, 6) is -2.63. The first-order valence-corrected chi connectivity index (χ1v) is 8.72. The summed E-state index contributed by atoms with van der Waals surface area (Å²) < 4.78 is 0. The van der Waals surface area contributed by atoms with Gasteiger partial charge in [-0.2, -0.15) is 5.26 Å². The van der Waals surface area contributed by atoms with Crippen molar-refractivity contribution in [2.45, 2.75) is 51.0 Å². The smallest absolute Gasteiger partial charge is 0.326 e. The van der Waals surface area contributed by atoms with Crippen LogP contribution < -0.4 is 5.32 Å². The van der Waals surface area contributed by atoms with Crippen LogP contribution in [0.4, 0.5) is 4.79 Å². The molecule has 2 aliphatic rings. The number of hydrogen-bond acceptors (Lipinski definition) is 5.